The molecule has 0 fully saturated rings. The fourth-order valence-corrected chi connectivity index (χ4v) is 3.89. The summed E-state index contributed by atoms with van der Waals surface area (Å²) in [5.41, 5.74) is 6.98. The first-order chi connectivity index (χ1) is 12.6. The van der Waals surface area contributed by atoms with Crippen molar-refractivity contribution in [2.45, 2.75) is 33.3 Å². The molecule has 0 aliphatic heterocycles. The van der Waals surface area contributed by atoms with E-state index >= 15 is 0 Å². The van der Waals surface area contributed by atoms with Gasteiger partial charge in [-0.15, -0.1) is 0 Å². The Labute approximate surface area is 153 Å². The van der Waals surface area contributed by atoms with Gasteiger partial charge in [-0.25, -0.2) is 4.98 Å². The molecule has 4 aromatic rings. The number of fused-ring (bicyclic) bond motifs is 2. The molecule has 1 atom stereocenters. The van der Waals surface area contributed by atoms with Crippen LogP contribution in [0.5, 0.6) is 0 Å². The maximum atomic E-state index is 5.98. The summed E-state index contributed by atoms with van der Waals surface area (Å²) in [6.07, 6.45) is 2.79. The molecule has 0 spiro atoms. The number of aryl methyl sites for hydroxylation is 1. The average Bonchev–Trinajstić information content (AvgIpc) is 3.24. The van der Waals surface area contributed by atoms with Crippen molar-refractivity contribution in [3.63, 3.8) is 0 Å². The van der Waals surface area contributed by atoms with Gasteiger partial charge >= 0.3 is 0 Å². The molecule has 2 N–H and O–H groups in total. The lowest BCUT2D eigenvalue weighted by molar-refractivity contribution is 0.130. The van der Waals surface area contributed by atoms with Crippen molar-refractivity contribution >= 4 is 21.9 Å². The van der Waals surface area contributed by atoms with E-state index in [1.807, 2.05) is 24.4 Å². The highest BCUT2D eigenvalue weighted by Gasteiger charge is 2.24. The fourth-order valence-electron chi connectivity index (χ4n) is 3.89. The Balaban J connectivity index is 1.94. The lowest BCUT2D eigenvalue weighted by Crippen LogP contribution is -2.11. The van der Waals surface area contributed by atoms with Crippen molar-refractivity contribution in [2.24, 2.45) is 5.92 Å². The van der Waals surface area contributed by atoms with Gasteiger partial charge in [-0.05, 0) is 48.6 Å². The second-order valence-corrected chi connectivity index (χ2v) is 7.39. The van der Waals surface area contributed by atoms with Gasteiger partial charge in [0.15, 0.2) is 0 Å². The molecule has 0 radical (unpaired) electrons. The molecule has 4 nitrogen and oxygen atoms in total. The first-order valence-electron chi connectivity index (χ1n) is 9.15. The molecule has 4 heteroatoms. The van der Waals surface area contributed by atoms with E-state index in [1.165, 1.54) is 27.6 Å². The van der Waals surface area contributed by atoms with Gasteiger partial charge in [0.1, 0.15) is 11.9 Å². The molecular weight excluding hydrogens is 322 g/mol. The molecule has 4 rings (SSSR count). The number of hydrogen-bond acceptors (Lipinski definition) is 2. The molecule has 0 amide bonds. The van der Waals surface area contributed by atoms with Crippen molar-refractivity contribution < 1.29 is 4.74 Å². The number of ether oxygens (including phenoxy) is 1. The number of H-pyrrole nitrogens is 2. The van der Waals surface area contributed by atoms with Gasteiger partial charge < -0.3 is 14.7 Å². The van der Waals surface area contributed by atoms with Crippen LogP contribution in [-0.2, 0) is 11.2 Å². The number of hydrogen-bond donors (Lipinski definition) is 2. The molecule has 26 heavy (non-hydrogen) atoms. The number of nitrogens with zero attached hydrogens (tertiary/aromatic N) is 1. The summed E-state index contributed by atoms with van der Waals surface area (Å²) in [5, 5.41) is 1.22. The number of imidazole rings is 1. The molecule has 0 saturated heterocycles. The second-order valence-electron chi connectivity index (χ2n) is 7.39. The van der Waals surface area contributed by atoms with Crippen molar-refractivity contribution in [1.29, 1.82) is 0 Å². The Kier molecular flexibility index (Phi) is 4.29. The van der Waals surface area contributed by atoms with Crippen LogP contribution in [0.25, 0.3) is 21.9 Å². The number of rotatable bonds is 5. The maximum Gasteiger partial charge on any atom is 0.141 e. The highest BCUT2D eigenvalue weighted by atomic mass is 16.5. The Morgan fingerprint density at radius 2 is 1.96 bits per heavy atom. The lowest BCUT2D eigenvalue weighted by Gasteiger charge is -2.21. The van der Waals surface area contributed by atoms with Gasteiger partial charge in [0.2, 0.25) is 0 Å². The van der Waals surface area contributed by atoms with E-state index in [2.05, 4.69) is 48.9 Å². The Morgan fingerprint density at radius 3 is 2.69 bits per heavy atom. The van der Waals surface area contributed by atoms with Crippen molar-refractivity contribution in [3.05, 3.63) is 65.1 Å². The van der Waals surface area contributed by atoms with E-state index in [-0.39, 0.29) is 6.10 Å². The third-order valence-electron chi connectivity index (χ3n) is 4.95. The lowest BCUT2D eigenvalue weighted by atomic mass is 9.90. The molecule has 2 aromatic carbocycles. The topological polar surface area (TPSA) is 53.7 Å². The highest BCUT2D eigenvalue weighted by Crippen LogP contribution is 2.36. The summed E-state index contributed by atoms with van der Waals surface area (Å²) in [5.74, 6) is 1.42. The van der Waals surface area contributed by atoms with Gasteiger partial charge in [-0.1, -0.05) is 32.0 Å². The Morgan fingerprint density at radius 1 is 1.15 bits per heavy atom. The molecule has 1 unspecified atom stereocenters. The quantitative estimate of drug-likeness (QED) is 0.515. The number of aromatic amines is 2. The minimum atomic E-state index is -0.227. The predicted molar refractivity (Wildman–Crippen MR) is 107 cm³/mol. The van der Waals surface area contributed by atoms with Gasteiger partial charge in [-0.3, -0.25) is 0 Å². The normalized spacial score (nSPS) is 13.1. The first kappa shape index (κ1) is 16.9. The van der Waals surface area contributed by atoms with Crippen LogP contribution in [0.2, 0.25) is 0 Å². The summed E-state index contributed by atoms with van der Waals surface area (Å²) in [6, 6.07) is 12.5. The largest absolute Gasteiger partial charge is 0.369 e. The summed E-state index contributed by atoms with van der Waals surface area (Å²) >= 11 is 0. The second kappa shape index (κ2) is 6.61. The zero-order valence-electron chi connectivity index (χ0n) is 15.8. The van der Waals surface area contributed by atoms with Gasteiger partial charge in [-0.2, -0.15) is 0 Å². The van der Waals surface area contributed by atoms with Crippen LogP contribution in [0, 0.1) is 12.8 Å². The fraction of sp³-hybridized carbons (Fsp3) is 0.318. The van der Waals surface area contributed by atoms with Crippen molar-refractivity contribution in [2.75, 3.05) is 7.11 Å². The molecule has 2 aromatic heterocycles. The zero-order chi connectivity index (χ0) is 18.3. The van der Waals surface area contributed by atoms with E-state index in [1.54, 1.807) is 7.11 Å². The number of aromatic nitrogens is 3. The smallest absolute Gasteiger partial charge is 0.141 e. The first-order valence-corrected chi connectivity index (χ1v) is 9.15. The number of methoxy groups -OCH3 is 1. The average molecular weight is 347 g/mol. The highest BCUT2D eigenvalue weighted by molar-refractivity contribution is 5.88. The minimum absolute atomic E-state index is 0.227. The molecule has 0 aliphatic carbocycles. The van der Waals surface area contributed by atoms with Crippen LogP contribution < -0.4 is 0 Å². The summed E-state index contributed by atoms with van der Waals surface area (Å²) < 4.78 is 5.98. The van der Waals surface area contributed by atoms with Crippen LogP contribution in [0.1, 0.15) is 42.5 Å². The summed E-state index contributed by atoms with van der Waals surface area (Å²) in [7, 11) is 1.76. The third-order valence-corrected chi connectivity index (χ3v) is 4.95. The standard InChI is InChI=1S/C22H25N3O/c1-13(2)11-15-12-14(3)20-16(9-10-23-20)19(15)21(26-4)22-24-17-7-5-6-8-18(17)25-22/h5-10,12-13,21,23H,11H2,1-4H3,(H,24,25). The predicted octanol–water partition coefficient (Wildman–Crippen LogP) is 5.29. The molecular formula is C22H25N3O. The third kappa shape index (κ3) is 2.80. The zero-order valence-corrected chi connectivity index (χ0v) is 15.8. The number of para-hydroxylation sites is 2. The molecule has 134 valence electrons. The molecule has 0 saturated carbocycles. The molecule has 0 aliphatic rings. The van der Waals surface area contributed by atoms with Crippen LogP contribution in [0.15, 0.2) is 42.6 Å². The van der Waals surface area contributed by atoms with E-state index in [0.717, 1.165) is 23.3 Å². The monoisotopic (exact) mass is 347 g/mol. The van der Waals surface area contributed by atoms with Crippen LogP contribution in [0.4, 0.5) is 0 Å². The van der Waals surface area contributed by atoms with Gasteiger partial charge in [0.05, 0.1) is 11.0 Å². The van der Waals surface area contributed by atoms with E-state index in [9.17, 15) is 0 Å². The van der Waals surface area contributed by atoms with Gasteiger partial charge in [0, 0.05) is 29.8 Å². The van der Waals surface area contributed by atoms with E-state index < -0.39 is 0 Å². The van der Waals surface area contributed by atoms with E-state index in [4.69, 9.17) is 9.72 Å². The van der Waals surface area contributed by atoms with Crippen LogP contribution in [-0.4, -0.2) is 22.1 Å². The Bertz CT molecular complexity index is 1020. The van der Waals surface area contributed by atoms with Crippen LogP contribution in [0.3, 0.4) is 0 Å². The summed E-state index contributed by atoms with van der Waals surface area (Å²) in [4.78, 5) is 11.6. The van der Waals surface area contributed by atoms with E-state index in [0.29, 0.717) is 5.92 Å². The van der Waals surface area contributed by atoms with Gasteiger partial charge in [0.25, 0.3) is 0 Å². The maximum absolute atomic E-state index is 5.98. The van der Waals surface area contributed by atoms with Crippen molar-refractivity contribution in [1.82, 2.24) is 15.0 Å². The van der Waals surface area contributed by atoms with Crippen LogP contribution >= 0.6 is 0 Å². The minimum Gasteiger partial charge on any atom is -0.369 e. The molecule has 2 heterocycles. The number of benzene rings is 2. The Hall–Kier alpha value is -2.59. The SMILES string of the molecule is COC(c1nc2ccccc2[nH]1)c1c(CC(C)C)cc(C)c2[nH]ccc12. The molecule has 0 bridgehead atoms. The number of nitrogens with one attached hydrogen (secondary N) is 2. The summed E-state index contributed by atoms with van der Waals surface area (Å²) in [6.45, 7) is 6.67. The van der Waals surface area contributed by atoms with Crippen molar-refractivity contribution in [3.8, 4) is 0 Å².